The highest BCUT2D eigenvalue weighted by atomic mass is 35.5. The summed E-state index contributed by atoms with van der Waals surface area (Å²) in [6.07, 6.45) is -0.404. The quantitative estimate of drug-likeness (QED) is 0.504. The van der Waals surface area contributed by atoms with Crippen LogP contribution in [0, 0.1) is 5.41 Å². The van der Waals surface area contributed by atoms with Crippen LogP contribution in [0.2, 0.25) is 10.0 Å². The van der Waals surface area contributed by atoms with Crippen molar-refractivity contribution in [3.63, 3.8) is 0 Å². The molecule has 22 heavy (non-hydrogen) atoms. The Kier molecular flexibility index (Phi) is 4.40. The van der Waals surface area contributed by atoms with Gasteiger partial charge in [-0.25, -0.2) is 0 Å². The van der Waals surface area contributed by atoms with Crippen molar-refractivity contribution in [2.75, 3.05) is 7.11 Å². The Morgan fingerprint density at radius 2 is 2.05 bits per heavy atom. The fourth-order valence-electron chi connectivity index (χ4n) is 2.34. The number of carbonyl (C=O) groups excluding carboxylic acids is 2. The molecule has 0 fully saturated rings. The van der Waals surface area contributed by atoms with Crippen molar-refractivity contribution >= 4 is 35.0 Å². The molecule has 1 N–H and O–H groups in total. The van der Waals surface area contributed by atoms with Crippen molar-refractivity contribution in [3.05, 3.63) is 39.6 Å². The summed E-state index contributed by atoms with van der Waals surface area (Å²) >= 11 is 12.0. The lowest BCUT2D eigenvalue weighted by atomic mass is 9.79. The van der Waals surface area contributed by atoms with Crippen LogP contribution >= 0.6 is 23.2 Å². The third-order valence-corrected chi connectivity index (χ3v) is 4.04. The number of benzene rings is 1. The first-order valence-corrected chi connectivity index (χ1v) is 7.12. The van der Waals surface area contributed by atoms with E-state index in [1.807, 2.05) is 0 Å². The standard InChI is InChI=1S/C15H14Cl2O5/c1-15(2,14(20)21-3)13-9(6-18)11(19)8-4-7(16)5-10(17)12(8)22-13/h4-6,13,18H,1-3H3/b9-6+. The van der Waals surface area contributed by atoms with Crippen molar-refractivity contribution < 1.29 is 24.2 Å². The Hall–Kier alpha value is -1.72. The molecule has 0 radical (unpaired) electrons. The number of aliphatic hydroxyl groups is 1. The van der Waals surface area contributed by atoms with Gasteiger partial charge in [-0.3, -0.25) is 9.59 Å². The zero-order chi connectivity index (χ0) is 16.7. The zero-order valence-corrected chi connectivity index (χ0v) is 13.7. The second-order valence-electron chi connectivity index (χ2n) is 5.39. The third kappa shape index (κ3) is 2.55. The molecule has 118 valence electrons. The normalized spacial score (nSPS) is 19.6. The topological polar surface area (TPSA) is 72.8 Å². The highest BCUT2D eigenvalue weighted by Crippen LogP contribution is 2.43. The molecule has 1 heterocycles. The van der Waals surface area contributed by atoms with E-state index in [9.17, 15) is 14.7 Å². The largest absolute Gasteiger partial charge is 0.515 e. The Bertz CT molecular complexity index is 679. The number of esters is 1. The minimum atomic E-state index is -1.21. The van der Waals surface area contributed by atoms with E-state index in [1.54, 1.807) is 13.8 Å². The molecule has 0 aromatic heterocycles. The summed E-state index contributed by atoms with van der Waals surface area (Å²) in [4.78, 5) is 24.5. The van der Waals surface area contributed by atoms with Crippen LogP contribution in [0.25, 0.3) is 0 Å². The maximum absolute atomic E-state index is 12.5. The average molecular weight is 345 g/mol. The van der Waals surface area contributed by atoms with Gasteiger partial charge in [0.05, 0.1) is 29.5 Å². The molecule has 1 aromatic carbocycles. The second-order valence-corrected chi connectivity index (χ2v) is 6.23. The molecule has 1 aromatic rings. The van der Waals surface area contributed by atoms with E-state index >= 15 is 0 Å². The predicted molar refractivity (Wildman–Crippen MR) is 81.7 cm³/mol. The summed E-state index contributed by atoms with van der Waals surface area (Å²) in [5.74, 6) is -0.961. The van der Waals surface area contributed by atoms with E-state index in [0.29, 0.717) is 6.26 Å². The first-order chi connectivity index (χ1) is 10.2. The van der Waals surface area contributed by atoms with Gasteiger partial charge in [-0.1, -0.05) is 23.2 Å². The maximum atomic E-state index is 12.5. The smallest absolute Gasteiger partial charge is 0.315 e. The molecular formula is C15H14Cl2O5. The number of Topliss-reactive ketones (excluding diaryl/α,β-unsaturated/α-hetero) is 1. The summed E-state index contributed by atoms with van der Waals surface area (Å²) in [6, 6.07) is 2.83. The fraction of sp³-hybridized carbons (Fsp3) is 0.333. The number of hydrogen-bond acceptors (Lipinski definition) is 5. The lowest BCUT2D eigenvalue weighted by Gasteiger charge is -2.36. The van der Waals surface area contributed by atoms with Crippen LogP contribution in [0.1, 0.15) is 24.2 Å². The summed E-state index contributed by atoms with van der Waals surface area (Å²) in [6.45, 7) is 3.10. The molecule has 1 aliphatic rings. The van der Waals surface area contributed by atoms with Crippen LogP contribution in [0.5, 0.6) is 5.75 Å². The fourth-order valence-corrected chi connectivity index (χ4v) is 2.88. The van der Waals surface area contributed by atoms with Crippen LogP contribution in [0.15, 0.2) is 24.0 Å². The average Bonchev–Trinajstić information content (AvgIpc) is 2.46. The van der Waals surface area contributed by atoms with Gasteiger partial charge in [0.15, 0.2) is 5.78 Å². The summed E-state index contributed by atoms with van der Waals surface area (Å²) in [7, 11) is 1.23. The van der Waals surface area contributed by atoms with Crippen molar-refractivity contribution in [1.29, 1.82) is 0 Å². The van der Waals surface area contributed by atoms with Gasteiger partial charge in [0.1, 0.15) is 17.3 Å². The minimum Gasteiger partial charge on any atom is -0.515 e. The van der Waals surface area contributed by atoms with E-state index in [0.717, 1.165) is 0 Å². The number of ketones is 1. The van der Waals surface area contributed by atoms with Crippen molar-refractivity contribution in [3.8, 4) is 5.75 Å². The van der Waals surface area contributed by atoms with Crippen LogP contribution in [0.4, 0.5) is 0 Å². The lowest BCUT2D eigenvalue weighted by molar-refractivity contribution is -0.155. The second kappa shape index (κ2) is 5.82. The highest BCUT2D eigenvalue weighted by molar-refractivity contribution is 6.37. The van der Waals surface area contributed by atoms with E-state index < -0.39 is 23.3 Å². The molecule has 0 saturated carbocycles. The predicted octanol–water partition coefficient (Wildman–Crippen LogP) is 3.58. The Balaban J connectivity index is 2.61. The monoisotopic (exact) mass is 344 g/mol. The lowest BCUT2D eigenvalue weighted by Crippen LogP contribution is -2.46. The zero-order valence-electron chi connectivity index (χ0n) is 12.1. The SMILES string of the molecule is COC(=O)C(C)(C)C1Oc2c(Cl)cc(Cl)cc2C(=O)/C1=C\O. The van der Waals surface area contributed by atoms with Gasteiger partial charge < -0.3 is 14.6 Å². The maximum Gasteiger partial charge on any atom is 0.315 e. The van der Waals surface area contributed by atoms with Gasteiger partial charge in [-0.15, -0.1) is 0 Å². The first kappa shape index (κ1) is 16.6. The number of aliphatic hydroxyl groups excluding tert-OH is 1. The number of carbonyl (C=O) groups is 2. The van der Waals surface area contributed by atoms with Crippen molar-refractivity contribution in [2.24, 2.45) is 5.41 Å². The third-order valence-electron chi connectivity index (χ3n) is 3.54. The molecule has 1 unspecified atom stereocenters. The van der Waals surface area contributed by atoms with Gasteiger partial charge >= 0.3 is 5.97 Å². The Labute approximate surface area is 137 Å². The number of ether oxygens (including phenoxy) is 2. The van der Waals surface area contributed by atoms with E-state index in [2.05, 4.69) is 0 Å². The van der Waals surface area contributed by atoms with Gasteiger partial charge in [0.25, 0.3) is 0 Å². The number of rotatable bonds is 2. The Morgan fingerprint density at radius 1 is 1.41 bits per heavy atom. The summed E-state index contributed by atoms with van der Waals surface area (Å²) < 4.78 is 10.5. The molecular weight excluding hydrogens is 331 g/mol. The van der Waals surface area contributed by atoms with Gasteiger partial charge in [-0.2, -0.15) is 0 Å². The van der Waals surface area contributed by atoms with Crippen LogP contribution in [-0.4, -0.2) is 30.1 Å². The van der Waals surface area contributed by atoms with Gasteiger partial charge in [0, 0.05) is 5.02 Å². The molecule has 0 saturated heterocycles. The van der Waals surface area contributed by atoms with Crippen LogP contribution < -0.4 is 4.74 Å². The number of halogens is 2. The van der Waals surface area contributed by atoms with Crippen LogP contribution in [0.3, 0.4) is 0 Å². The van der Waals surface area contributed by atoms with E-state index in [4.69, 9.17) is 32.7 Å². The molecule has 5 nitrogen and oxygen atoms in total. The van der Waals surface area contributed by atoms with E-state index in [1.165, 1.54) is 19.2 Å². The molecule has 0 bridgehead atoms. The molecule has 2 rings (SSSR count). The molecule has 7 heteroatoms. The van der Waals surface area contributed by atoms with Crippen molar-refractivity contribution in [1.82, 2.24) is 0 Å². The first-order valence-electron chi connectivity index (χ1n) is 6.37. The summed E-state index contributed by atoms with van der Waals surface area (Å²) in [5.41, 5.74) is -1.14. The van der Waals surface area contributed by atoms with Gasteiger partial charge in [0.2, 0.25) is 0 Å². The highest BCUT2D eigenvalue weighted by Gasteiger charge is 2.47. The molecule has 0 aliphatic carbocycles. The Morgan fingerprint density at radius 3 is 2.59 bits per heavy atom. The number of hydrogen-bond donors (Lipinski definition) is 1. The minimum absolute atomic E-state index is 0.0683. The summed E-state index contributed by atoms with van der Waals surface area (Å²) in [5, 5.41) is 9.85. The number of fused-ring (bicyclic) bond motifs is 1. The number of methoxy groups -OCH3 is 1. The molecule has 1 atom stereocenters. The van der Waals surface area contributed by atoms with Crippen LogP contribution in [-0.2, 0) is 9.53 Å². The van der Waals surface area contributed by atoms with Gasteiger partial charge in [-0.05, 0) is 26.0 Å². The molecule has 1 aliphatic heterocycles. The van der Waals surface area contributed by atoms with E-state index in [-0.39, 0.29) is 26.9 Å². The van der Waals surface area contributed by atoms with Crippen molar-refractivity contribution in [2.45, 2.75) is 20.0 Å². The molecule has 0 spiro atoms. The molecule has 0 amide bonds.